The summed E-state index contributed by atoms with van der Waals surface area (Å²) in [6, 6.07) is 12.1. The van der Waals surface area contributed by atoms with Gasteiger partial charge in [-0.05, 0) is 19.1 Å². The summed E-state index contributed by atoms with van der Waals surface area (Å²) in [6.07, 6.45) is 5.23. The Morgan fingerprint density at radius 2 is 1.68 bits per heavy atom. The van der Waals surface area contributed by atoms with Gasteiger partial charge >= 0.3 is 0 Å². The third-order valence-corrected chi connectivity index (χ3v) is 3.14. The van der Waals surface area contributed by atoms with Crippen LogP contribution < -0.4 is 0 Å². The normalized spacial score (nSPS) is 11.0. The molecule has 0 N–H and O–H groups in total. The van der Waals surface area contributed by atoms with Gasteiger partial charge in [-0.25, -0.2) is 9.97 Å². The molecule has 22 heavy (non-hydrogen) atoms. The lowest BCUT2D eigenvalue weighted by Crippen LogP contribution is -1.95. The highest BCUT2D eigenvalue weighted by Gasteiger charge is 2.09. The summed E-state index contributed by atoms with van der Waals surface area (Å²) in [5.74, 6) is 0. The van der Waals surface area contributed by atoms with Crippen molar-refractivity contribution in [1.29, 1.82) is 0 Å². The maximum absolute atomic E-state index is 4.18. The maximum Gasteiger partial charge on any atom is 0.116 e. The molecule has 0 saturated heterocycles. The lowest BCUT2D eigenvalue weighted by atomic mass is 10.2. The van der Waals surface area contributed by atoms with Crippen LogP contribution in [0, 0.1) is 6.92 Å². The van der Waals surface area contributed by atoms with Crippen molar-refractivity contribution in [1.82, 2.24) is 15.0 Å². The van der Waals surface area contributed by atoms with Crippen LogP contribution in [-0.2, 0) is 6.54 Å². The summed E-state index contributed by atoms with van der Waals surface area (Å²) in [7, 11) is 0. The first kappa shape index (κ1) is 15.8. The summed E-state index contributed by atoms with van der Waals surface area (Å²) in [5, 5.41) is 1.20. The van der Waals surface area contributed by atoms with Crippen LogP contribution in [0.2, 0.25) is 0 Å². The number of pyridine rings is 1. The van der Waals surface area contributed by atoms with Gasteiger partial charge < -0.3 is 0 Å². The average Bonchev–Trinajstić information content (AvgIpc) is 3.08. The molecule has 0 spiro atoms. The van der Waals surface area contributed by atoms with Crippen molar-refractivity contribution < 1.29 is 0 Å². The molecule has 0 atom stereocenters. The van der Waals surface area contributed by atoms with Crippen molar-refractivity contribution >= 4 is 17.1 Å². The summed E-state index contributed by atoms with van der Waals surface area (Å²) < 4.78 is 0. The SMILES string of the molecule is CC.Cc1ncnc2c1C=NC2.c1ccc2ncccc2c1. The molecule has 0 aliphatic carbocycles. The van der Waals surface area contributed by atoms with Crippen molar-refractivity contribution in [3.63, 3.8) is 0 Å². The number of aryl methyl sites for hydroxylation is 1. The van der Waals surface area contributed by atoms with E-state index in [2.05, 4.69) is 32.1 Å². The van der Waals surface area contributed by atoms with E-state index in [-0.39, 0.29) is 0 Å². The van der Waals surface area contributed by atoms with E-state index >= 15 is 0 Å². The molecule has 0 amide bonds. The molecule has 1 aliphatic rings. The van der Waals surface area contributed by atoms with Crippen LogP contribution in [0.4, 0.5) is 0 Å². The van der Waals surface area contributed by atoms with E-state index < -0.39 is 0 Å². The predicted octanol–water partition coefficient (Wildman–Crippen LogP) is 3.98. The molecule has 2 aromatic heterocycles. The van der Waals surface area contributed by atoms with Crippen molar-refractivity contribution in [3.8, 4) is 0 Å². The van der Waals surface area contributed by atoms with Crippen LogP contribution in [0.15, 0.2) is 53.9 Å². The third-order valence-electron chi connectivity index (χ3n) is 3.14. The predicted molar refractivity (Wildman–Crippen MR) is 91.2 cm³/mol. The minimum atomic E-state index is 0.721. The number of hydrogen-bond donors (Lipinski definition) is 0. The Kier molecular flexibility index (Phi) is 5.72. The molecule has 4 rings (SSSR count). The molecule has 4 nitrogen and oxygen atoms in total. The smallest absolute Gasteiger partial charge is 0.116 e. The number of aromatic nitrogens is 3. The van der Waals surface area contributed by atoms with Crippen molar-refractivity contribution in [3.05, 3.63) is 65.9 Å². The molecule has 0 fully saturated rings. The number of hydrogen-bond acceptors (Lipinski definition) is 4. The standard InChI is InChI=1S/C9H7N.C7H7N3.C2H6/c1-2-6-9-8(4-1)5-3-7-10-9;1-5-6-2-8-3-7(6)10-4-9-5;1-2/h1-7H;2,4H,3H2,1H3;1-2H3. The summed E-state index contributed by atoms with van der Waals surface area (Å²) in [5.41, 5.74) is 4.23. The minimum Gasteiger partial charge on any atom is -0.286 e. The van der Waals surface area contributed by atoms with E-state index in [1.54, 1.807) is 6.33 Å². The van der Waals surface area contributed by atoms with E-state index in [9.17, 15) is 0 Å². The van der Waals surface area contributed by atoms with Crippen LogP contribution in [0.25, 0.3) is 10.9 Å². The molecule has 112 valence electrons. The van der Waals surface area contributed by atoms with E-state index in [1.807, 2.05) is 57.4 Å². The highest BCUT2D eigenvalue weighted by molar-refractivity contribution is 5.84. The molecular weight excluding hydrogens is 272 g/mol. The number of benzene rings is 1. The minimum absolute atomic E-state index is 0.721. The van der Waals surface area contributed by atoms with Gasteiger partial charge in [0.05, 0.1) is 17.8 Å². The second kappa shape index (κ2) is 7.98. The number of para-hydroxylation sites is 1. The summed E-state index contributed by atoms with van der Waals surface area (Å²) >= 11 is 0. The van der Waals surface area contributed by atoms with Crippen LogP contribution >= 0.6 is 0 Å². The van der Waals surface area contributed by atoms with Gasteiger partial charge in [0.1, 0.15) is 6.33 Å². The fourth-order valence-electron chi connectivity index (χ4n) is 2.07. The van der Waals surface area contributed by atoms with Gasteiger partial charge in [-0.1, -0.05) is 38.1 Å². The van der Waals surface area contributed by atoms with Crippen molar-refractivity contribution in [2.75, 3.05) is 0 Å². The molecule has 3 aromatic rings. The zero-order valence-electron chi connectivity index (χ0n) is 13.2. The maximum atomic E-state index is 4.18. The number of nitrogens with zero attached hydrogens (tertiary/aromatic N) is 4. The lowest BCUT2D eigenvalue weighted by Gasteiger charge is -1.96. The van der Waals surface area contributed by atoms with E-state index in [4.69, 9.17) is 0 Å². The lowest BCUT2D eigenvalue weighted by molar-refractivity contribution is 0.975. The Bertz CT molecular complexity index is 700. The fraction of sp³-hybridized carbons (Fsp3) is 0.222. The van der Waals surface area contributed by atoms with Crippen LogP contribution in [0.3, 0.4) is 0 Å². The topological polar surface area (TPSA) is 51.0 Å². The van der Waals surface area contributed by atoms with E-state index in [0.717, 1.165) is 29.0 Å². The van der Waals surface area contributed by atoms with Gasteiger partial charge in [-0.2, -0.15) is 0 Å². The van der Waals surface area contributed by atoms with Crippen LogP contribution in [-0.4, -0.2) is 21.2 Å². The Hall–Kier alpha value is -2.62. The van der Waals surface area contributed by atoms with Crippen molar-refractivity contribution in [2.24, 2.45) is 4.99 Å². The zero-order chi connectivity index (χ0) is 15.8. The Labute approximate surface area is 131 Å². The number of aliphatic imine (C=N–C) groups is 1. The molecule has 0 radical (unpaired) electrons. The molecular formula is C18H20N4. The highest BCUT2D eigenvalue weighted by atomic mass is 14.9. The summed E-state index contributed by atoms with van der Waals surface area (Å²) in [4.78, 5) is 16.4. The quantitative estimate of drug-likeness (QED) is 0.629. The molecule has 1 aliphatic heterocycles. The molecule has 4 heteroatoms. The van der Waals surface area contributed by atoms with Gasteiger partial charge in [0.25, 0.3) is 0 Å². The number of rotatable bonds is 0. The Balaban J connectivity index is 0.000000144. The first-order chi connectivity index (χ1) is 10.8. The van der Waals surface area contributed by atoms with Crippen molar-refractivity contribution in [2.45, 2.75) is 27.3 Å². The second-order valence-electron chi connectivity index (χ2n) is 4.49. The monoisotopic (exact) mass is 292 g/mol. The van der Waals surface area contributed by atoms with Gasteiger partial charge in [-0.15, -0.1) is 0 Å². The van der Waals surface area contributed by atoms with E-state index in [1.165, 1.54) is 5.39 Å². The first-order valence-corrected chi connectivity index (χ1v) is 7.44. The van der Waals surface area contributed by atoms with Gasteiger partial charge in [0.15, 0.2) is 0 Å². The summed E-state index contributed by atoms with van der Waals surface area (Å²) in [6.45, 7) is 6.69. The largest absolute Gasteiger partial charge is 0.286 e. The highest BCUT2D eigenvalue weighted by Crippen LogP contribution is 2.12. The Morgan fingerprint density at radius 1 is 0.909 bits per heavy atom. The van der Waals surface area contributed by atoms with E-state index in [0.29, 0.717) is 0 Å². The third kappa shape index (κ3) is 3.73. The average molecular weight is 292 g/mol. The molecule has 0 bridgehead atoms. The second-order valence-corrected chi connectivity index (χ2v) is 4.49. The molecule has 0 saturated carbocycles. The first-order valence-electron chi connectivity index (χ1n) is 7.44. The molecule has 1 aromatic carbocycles. The number of fused-ring (bicyclic) bond motifs is 2. The fourth-order valence-corrected chi connectivity index (χ4v) is 2.07. The zero-order valence-corrected chi connectivity index (χ0v) is 13.2. The molecule has 0 unspecified atom stereocenters. The van der Waals surface area contributed by atoms with Gasteiger partial charge in [0.2, 0.25) is 0 Å². The Morgan fingerprint density at radius 3 is 2.45 bits per heavy atom. The van der Waals surface area contributed by atoms with Gasteiger partial charge in [0, 0.05) is 29.1 Å². The molecule has 3 heterocycles. The van der Waals surface area contributed by atoms with Gasteiger partial charge in [-0.3, -0.25) is 9.98 Å². The van der Waals surface area contributed by atoms with Crippen LogP contribution in [0.5, 0.6) is 0 Å². The van der Waals surface area contributed by atoms with Crippen LogP contribution in [0.1, 0.15) is 30.8 Å².